The molecule has 0 saturated carbocycles. The number of halogens is 1. The molecule has 17 heavy (non-hydrogen) atoms. The molecule has 0 amide bonds. The van der Waals surface area contributed by atoms with E-state index in [9.17, 15) is 4.79 Å². The van der Waals surface area contributed by atoms with E-state index in [1.165, 1.54) is 7.11 Å². The zero-order valence-corrected chi connectivity index (χ0v) is 11.7. The van der Waals surface area contributed by atoms with Gasteiger partial charge in [0.25, 0.3) is 0 Å². The van der Waals surface area contributed by atoms with Gasteiger partial charge in [-0.3, -0.25) is 0 Å². The molecular weight excluding hydrogens is 339 g/mol. The van der Waals surface area contributed by atoms with Crippen molar-refractivity contribution in [2.75, 3.05) is 27.8 Å². The van der Waals surface area contributed by atoms with Crippen LogP contribution in [-0.4, -0.2) is 33.8 Å². The standard InChI is InChI=1S/C11H13IO5/c1-14-6-16-10-4-3-8(5-9(10)12)11(13)17-7-15-2/h3-5H,6-7H2,1-2H3. The molecule has 6 heteroatoms. The largest absolute Gasteiger partial charge is 0.466 e. The van der Waals surface area contributed by atoms with Gasteiger partial charge in [0, 0.05) is 14.2 Å². The number of ether oxygens (including phenoxy) is 4. The summed E-state index contributed by atoms with van der Waals surface area (Å²) < 4.78 is 20.4. The average Bonchev–Trinajstić information content (AvgIpc) is 2.34. The molecule has 0 aliphatic heterocycles. The van der Waals surface area contributed by atoms with E-state index in [1.54, 1.807) is 25.3 Å². The van der Waals surface area contributed by atoms with E-state index in [4.69, 9.17) is 14.2 Å². The maximum Gasteiger partial charge on any atom is 0.340 e. The monoisotopic (exact) mass is 352 g/mol. The molecule has 0 heterocycles. The Balaban J connectivity index is 2.70. The maximum atomic E-state index is 11.5. The Morgan fingerprint density at radius 1 is 1.24 bits per heavy atom. The van der Waals surface area contributed by atoms with Gasteiger partial charge in [-0.1, -0.05) is 0 Å². The average molecular weight is 352 g/mol. The van der Waals surface area contributed by atoms with Crippen molar-refractivity contribution < 1.29 is 23.7 Å². The van der Waals surface area contributed by atoms with E-state index in [0.717, 1.165) is 3.57 Å². The van der Waals surface area contributed by atoms with E-state index in [1.807, 2.05) is 0 Å². The van der Waals surface area contributed by atoms with Gasteiger partial charge in [-0.25, -0.2) is 4.79 Å². The minimum atomic E-state index is -0.428. The van der Waals surface area contributed by atoms with Crippen molar-refractivity contribution in [3.05, 3.63) is 27.3 Å². The van der Waals surface area contributed by atoms with Crippen LogP contribution in [0.4, 0.5) is 0 Å². The van der Waals surface area contributed by atoms with Crippen LogP contribution >= 0.6 is 22.6 Å². The quantitative estimate of drug-likeness (QED) is 0.446. The van der Waals surface area contributed by atoms with E-state index in [0.29, 0.717) is 11.3 Å². The lowest BCUT2D eigenvalue weighted by Crippen LogP contribution is -2.08. The molecular formula is C11H13IO5. The summed E-state index contributed by atoms with van der Waals surface area (Å²) >= 11 is 2.08. The second-order valence-electron chi connectivity index (χ2n) is 3.03. The van der Waals surface area contributed by atoms with Gasteiger partial charge < -0.3 is 18.9 Å². The molecule has 1 aromatic rings. The Bertz CT molecular complexity index is 380. The first-order valence-corrected chi connectivity index (χ1v) is 5.84. The Hall–Kier alpha value is -0.860. The molecule has 0 unspecified atom stereocenters. The molecule has 0 fully saturated rings. The van der Waals surface area contributed by atoms with Gasteiger partial charge >= 0.3 is 5.97 Å². The Morgan fingerprint density at radius 2 is 1.94 bits per heavy atom. The lowest BCUT2D eigenvalue weighted by atomic mass is 10.2. The van der Waals surface area contributed by atoms with Crippen LogP contribution < -0.4 is 4.74 Å². The lowest BCUT2D eigenvalue weighted by Gasteiger charge is -2.08. The summed E-state index contributed by atoms with van der Waals surface area (Å²) in [6, 6.07) is 5.01. The molecule has 1 aromatic carbocycles. The van der Waals surface area contributed by atoms with Crippen LogP contribution in [0.2, 0.25) is 0 Å². The van der Waals surface area contributed by atoms with Crippen molar-refractivity contribution in [1.29, 1.82) is 0 Å². The molecule has 0 aliphatic rings. The van der Waals surface area contributed by atoms with Crippen LogP contribution in [0, 0.1) is 3.57 Å². The van der Waals surface area contributed by atoms with E-state index < -0.39 is 5.97 Å². The summed E-state index contributed by atoms with van der Waals surface area (Å²) in [6.45, 7) is 0.112. The highest BCUT2D eigenvalue weighted by Gasteiger charge is 2.10. The van der Waals surface area contributed by atoms with Gasteiger partial charge in [-0.05, 0) is 40.8 Å². The summed E-state index contributed by atoms with van der Waals surface area (Å²) in [4.78, 5) is 11.5. The third-order valence-electron chi connectivity index (χ3n) is 1.81. The minimum absolute atomic E-state index is 0.0582. The van der Waals surface area contributed by atoms with E-state index >= 15 is 0 Å². The van der Waals surface area contributed by atoms with Gasteiger partial charge in [-0.15, -0.1) is 0 Å². The Morgan fingerprint density at radius 3 is 2.53 bits per heavy atom. The zero-order chi connectivity index (χ0) is 12.7. The van der Waals surface area contributed by atoms with Crippen molar-refractivity contribution in [1.82, 2.24) is 0 Å². The Labute approximate surface area is 113 Å². The minimum Gasteiger partial charge on any atom is -0.466 e. The Kier molecular flexibility index (Phi) is 6.23. The molecule has 0 aliphatic carbocycles. The first-order valence-electron chi connectivity index (χ1n) is 4.76. The van der Waals surface area contributed by atoms with E-state index in [-0.39, 0.29) is 13.6 Å². The molecule has 0 spiro atoms. The third-order valence-corrected chi connectivity index (χ3v) is 2.65. The number of carbonyl (C=O) groups excluding carboxylic acids is 1. The molecule has 0 radical (unpaired) electrons. The van der Waals surface area contributed by atoms with Crippen molar-refractivity contribution in [2.24, 2.45) is 0 Å². The molecule has 0 aromatic heterocycles. The van der Waals surface area contributed by atoms with Crippen molar-refractivity contribution in [3.63, 3.8) is 0 Å². The van der Waals surface area contributed by atoms with Crippen molar-refractivity contribution in [3.8, 4) is 5.75 Å². The number of esters is 1. The molecule has 94 valence electrons. The molecule has 0 bridgehead atoms. The predicted octanol–water partition coefficient (Wildman–Crippen LogP) is 2.03. The molecule has 0 N–H and O–H groups in total. The fraction of sp³-hybridized carbons (Fsp3) is 0.364. The van der Waals surface area contributed by atoms with Gasteiger partial charge in [0.05, 0.1) is 9.13 Å². The van der Waals surface area contributed by atoms with Crippen LogP contribution in [0.1, 0.15) is 10.4 Å². The highest BCUT2D eigenvalue weighted by molar-refractivity contribution is 14.1. The number of hydrogen-bond acceptors (Lipinski definition) is 5. The summed E-state index contributed by atoms with van der Waals surface area (Å²) in [5, 5.41) is 0. The smallest absolute Gasteiger partial charge is 0.340 e. The number of benzene rings is 1. The summed E-state index contributed by atoms with van der Waals surface area (Å²) in [6.07, 6.45) is 0. The van der Waals surface area contributed by atoms with Crippen molar-refractivity contribution >= 4 is 28.6 Å². The zero-order valence-electron chi connectivity index (χ0n) is 9.57. The number of carbonyl (C=O) groups is 1. The van der Waals surface area contributed by atoms with Crippen LogP contribution in [0.5, 0.6) is 5.75 Å². The normalized spacial score (nSPS) is 10.1. The van der Waals surface area contributed by atoms with Crippen LogP contribution in [0.25, 0.3) is 0 Å². The molecule has 0 saturated heterocycles. The third kappa shape index (κ3) is 4.49. The number of rotatable bonds is 6. The van der Waals surface area contributed by atoms with Gasteiger partial charge in [-0.2, -0.15) is 0 Å². The van der Waals surface area contributed by atoms with E-state index in [2.05, 4.69) is 27.3 Å². The predicted molar refractivity (Wildman–Crippen MR) is 69.0 cm³/mol. The summed E-state index contributed by atoms with van der Waals surface area (Å²) in [5.41, 5.74) is 0.455. The number of methoxy groups -OCH3 is 2. The van der Waals surface area contributed by atoms with Crippen molar-refractivity contribution in [2.45, 2.75) is 0 Å². The molecule has 5 nitrogen and oxygen atoms in total. The van der Waals surface area contributed by atoms with Gasteiger partial charge in [0.2, 0.25) is 0 Å². The fourth-order valence-corrected chi connectivity index (χ4v) is 1.73. The van der Waals surface area contributed by atoms with Gasteiger partial charge in [0.1, 0.15) is 5.75 Å². The topological polar surface area (TPSA) is 54.0 Å². The lowest BCUT2D eigenvalue weighted by molar-refractivity contribution is -0.0125. The molecule has 0 atom stereocenters. The highest BCUT2D eigenvalue weighted by atomic mass is 127. The SMILES string of the molecule is COCOC(=O)c1ccc(OCOC)c(I)c1. The van der Waals surface area contributed by atoms with Crippen LogP contribution in [-0.2, 0) is 14.2 Å². The first-order chi connectivity index (χ1) is 8.19. The fourth-order valence-electron chi connectivity index (χ4n) is 1.06. The first kappa shape index (κ1) is 14.2. The summed E-state index contributed by atoms with van der Waals surface area (Å²) in [5.74, 6) is 0.235. The second kappa shape index (κ2) is 7.46. The summed E-state index contributed by atoms with van der Waals surface area (Å²) in [7, 11) is 3.00. The maximum absolute atomic E-state index is 11.5. The number of hydrogen-bond donors (Lipinski definition) is 0. The van der Waals surface area contributed by atoms with Crippen LogP contribution in [0.15, 0.2) is 18.2 Å². The highest BCUT2D eigenvalue weighted by Crippen LogP contribution is 2.22. The van der Waals surface area contributed by atoms with Crippen LogP contribution in [0.3, 0.4) is 0 Å². The molecule has 1 rings (SSSR count). The van der Waals surface area contributed by atoms with Gasteiger partial charge in [0.15, 0.2) is 13.6 Å². The second-order valence-corrected chi connectivity index (χ2v) is 4.20.